The molecule has 0 aliphatic rings. The predicted octanol–water partition coefficient (Wildman–Crippen LogP) is 4.03. The molecule has 6 nitrogen and oxygen atoms in total. The Morgan fingerprint density at radius 3 is 2.67 bits per heavy atom. The summed E-state index contributed by atoms with van der Waals surface area (Å²) in [5.74, 6) is 0.0237. The van der Waals surface area contributed by atoms with Crippen LogP contribution in [0.2, 0.25) is 0 Å². The maximum Gasteiger partial charge on any atom is 0.355 e. The van der Waals surface area contributed by atoms with Crippen LogP contribution in [0.3, 0.4) is 0 Å². The Morgan fingerprint density at radius 1 is 1.19 bits per heavy atom. The molecule has 2 aromatic heterocycles. The minimum absolute atomic E-state index is 0.178. The number of nitrogens with zero attached hydrogens (tertiary/aromatic N) is 1. The van der Waals surface area contributed by atoms with Gasteiger partial charge in [-0.1, -0.05) is 6.92 Å². The fourth-order valence-electron chi connectivity index (χ4n) is 2.69. The molecule has 3 aromatic rings. The van der Waals surface area contributed by atoms with Crippen molar-refractivity contribution in [3.8, 4) is 5.75 Å². The van der Waals surface area contributed by atoms with Crippen LogP contribution in [0.15, 0.2) is 48.8 Å². The van der Waals surface area contributed by atoms with Gasteiger partial charge in [0.15, 0.2) is 5.78 Å². The van der Waals surface area contributed by atoms with Gasteiger partial charge < -0.3 is 14.5 Å². The highest BCUT2D eigenvalue weighted by atomic mass is 16.5. The first-order chi connectivity index (χ1) is 13.1. The number of fused-ring (bicyclic) bond motifs is 1. The van der Waals surface area contributed by atoms with Gasteiger partial charge in [0.25, 0.3) is 0 Å². The number of hydrogen-bond donors (Lipinski definition) is 1. The van der Waals surface area contributed by atoms with Crippen molar-refractivity contribution in [1.82, 2.24) is 9.97 Å². The van der Waals surface area contributed by atoms with Crippen LogP contribution in [0.5, 0.6) is 5.75 Å². The van der Waals surface area contributed by atoms with Gasteiger partial charge in [-0.25, -0.2) is 4.79 Å². The van der Waals surface area contributed by atoms with Crippen molar-refractivity contribution >= 4 is 28.7 Å². The van der Waals surface area contributed by atoms with Gasteiger partial charge in [0.2, 0.25) is 0 Å². The Kier molecular flexibility index (Phi) is 5.66. The highest BCUT2D eigenvalue weighted by molar-refractivity contribution is 6.10. The lowest BCUT2D eigenvalue weighted by molar-refractivity contribution is 0.0499. The molecule has 0 aliphatic heterocycles. The zero-order valence-corrected chi connectivity index (χ0v) is 15.2. The fraction of sp³-hybridized carbons (Fsp3) is 0.190. The molecule has 0 radical (unpaired) electrons. The maximum atomic E-state index is 12.5. The lowest BCUT2D eigenvalue weighted by atomic mass is 10.1. The third-order valence-electron chi connectivity index (χ3n) is 4.05. The molecular formula is C21H20N2O4. The molecule has 0 atom stereocenters. The molecule has 2 heterocycles. The molecule has 1 aromatic carbocycles. The van der Waals surface area contributed by atoms with Crippen molar-refractivity contribution in [2.24, 2.45) is 0 Å². The topological polar surface area (TPSA) is 81.3 Å². The number of ketones is 1. The number of allylic oxidation sites excluding steroid dienone is 1. The molecule has 0 amide bonds. The molecule has 0 bridgehead atoms. The van der Waals surface area contributed by atoms with Crippen LogP contribution >= 0.6 is 0 Å². The van der Waals surface area contributed by atoms with Gasteiger partial charge in [-0.3, -0.25) is 9.78 Å². The van der Waals surface area contributed by atoms with Crippen molar-refractivity contribution in [3.05, 3.63) is 65.6 Å². The van der Waals surface area contributed by atoms with Gasteiger partial charge in [-0.2, -0.15) is 0 Å². The van der Waals surface area contributed by atoms with E-state index in [2.05, 4.69) is 9.97 Å². The van der Waals surface area contributed by atoms with Crippen LogP contribution in [-0.2, 0) is 4.74 Å². The number of carbonyl (C=O) groups is 2. The summed E-state index contributed by atoms with van der Waals surface area (Å²) < 4.78 is 10.5. The number of H-pyrrole nitrogens is 1. The molecule has 0 aliphatic carbocycles. The van der Waals surface area contributed by atoms with Gasteiger partial charge in [-0.15, -0.1) is 0 Å². The number of rotatable bonds is 7. The first-order valence-corrected chi connectivity index (χ1v) is 8.63. The number of pyridine rings is 1. The van der Waals surface area contributed by atoms with E-state index in [1.54, 1.807) is 43.8 Å². The van der Waals surface area contributed by atoms with E-state index in [4.69, 9.17) is 9.47 Å². The second-order valence-corrected chi connectivity index (χ2v) is 5.89. The minimum atomic E-state index is -0.456. The first kappa shape index (κ1) is 18.4. The number of hydrogen-bond acceptors (Lipinski definition) is 5. The number of carbonyl (C=O) groups excluding carboxylic acids is 2. The lowest BCUT2D eigenvalue weighted by Crippen LogP contribution is -2.07. The number of methoxy groups -OCH3 is 1. The summed E-state index contributed by atoms with van der Waals surface area (Å²) in [5, 5.41) is 0.775. The smallest absolute Gasteiger partial charge is 0.355 e. The van der Waals surface area contributed by atoms with E-state index >= 15 is 0 Å². The lowest BCUT2D eigenvalue weighted by Gasteiger charge is -2.03. The van der Waals surface area contributed by atoms with Gasteiger partial charge in [0.1, 0.15) is 11.4 Å². The summed E-state index contributed by atoms with van der Waals surface area (Å²) >= 11 is 0. The zero-order valence-electron chi connectivity index (χ0n) is 15.2. The van der Waals surface area contributed by atoms with Crippen molar-refractivity contribution in [2.45, 2.75) is 13.3 Å². The normalized spacial score (nSPS) is 11.0. The van der Waals surface area contributed by atoms with E-state index in [0.717, 1.165) is 17.3 Å². The summed E-state index contributed by atoms with van der Waals surface area (Å²) in [6.45, 7) is 2.26. The second kappa shape index (κ2) is 8.31. The van der Waals surface area contributed by atoms with Gasteiger partial charge in [-0.05, 0) is 48.9 Å². The molecule has 3 rings (SSSR count). The summed E-state index contributed by atoms with van der Waals surface area (Å²) in [7, 11) is 1.58. The van der Waals surface area contributed by atoms with Crippen LogP contribution in [0, 0.1) is 0 Å². The molecule has 0 fully saturated rings. The quantitative estimate of drug-likeness (QED) is 0.389. The number of esters is 1. The van der Waals surface area contributed by atoms with E-state index in [-0.39, 0.29) is 5.78 Å². The number of nitrogens with one attached hydrogen (secondary N) is 1. The van der Waals surface area contributed by atoms with Gasteiger partial charge in [0, 0.05) is 34.4 Å². The predicted molar refractivity (Wildman–Crippen MR) is 103 cm³/mol. The van der Waals surface area contributed by atoms with Crippen molar-refractivity contribution in [2.75, 3.05) is 13.7 Å². The van der Waals surface area contributed by atoms with Crippen LogP contribution in [0.25, 0.3) is 17.0 Å². The molecule has 1 N–H and O–H groups in total. The van der Waals surface area contributed by atoms with Crippen molar-refractivity contribution in [3.63, 3.8) is 0 Å². The van der Waals surface area contributed by atoms with Crippen LogP contribution < -0.4 is 4.74 Å². The summed E-state index contributed by atoms with van der Waals surface area (Å²) in [4.78, 5) is 31.8. The molecule has 0 unspecified atom stereocenters. The third-order valence-corrected chi connectivity index (χ3v) is 4.05. The van der Waals surface area contributed by atoms with Crippen LogP contribution in [-0.4, -0.2) is 35.4 Å². The molecule has 0 spiro atoms. The highest BCUT2D eigenvalue weighted by Crippen LogP contribution is 2.28. The van der Waals surface area contributed by atoms with Gasteiger partial charge >= 0.3 is 5.97 Å². The minimum Gasteiger partial charge on any atom is -0.497 e. The van der Waals surface area contributed by atoms with Gasteiger partial charge in [0.05, 0.1) is 13.7 Å². The van der Waals surface area contributed by atoms with E-state index in [9.17, 15) is 9.59 Å². The Hall–Kier alpha value is -3.41. The van der Waals surface area contributed by atoms with E-state index in [1.807, 2.05) is 19.1 Å². The summed E-state index contributed by atoms with van der Waals surface area (Å²) in [5.41, 5.74) is 2.18. The number of aromatic nitrogens is 2. The zero-order chi connectivity index (χ0) is 19.2. The largest absolute Gasteiger partial charge is 0.497 e. The fourth-order valence-corrected chi connectivity index (χ4v) is 2.69. The molecule has 27 heavy (non-hydrogen) atoms. The Morgan fingerprint density at radius 2 is 1.96 bits per heavy atom. The second-order valence-electron chi connectivity index (χ2n) is 5.89. The average molecular weight is 364 g/mol. The number of aromatic amines is 1. The molecule has 6 heteroatoms. The average Bonchev–Trinajstić information content (AvgIpc) is 3.08. The maximum absolute atomic E-state index is 12.5. The third kappa shape index (κ3) is 4.06. The summed E-state index contributed by atoms with van der Waals surface area (Å²) in [6.07, 6.45) is 6.92. The van der Waals surface area contributed by atoms with E-state index in [0.29, 0.717) is 29.2 Å². The van der Waals surface area contributed by atoms with Crippen molar-refractivity contribution in [1.29, 1.82) is 0 Å². The first-order valence-electron chi connectivity index (χ1n) is 8.63. The molecule has 0 saturated carbocycles. The van der Waals surface area contributed by atoms with Crippen molar-refractivity contribution < 1.29 is 19.1 Å². The Labute approximate surface area is 156 Å². The Bertz CT molecular complexity index is 990. The standard InChI is InChI=1S/C21H20N2O4/c1-3-12-27-21(25)20-16(5-7-19(24)14-8-10-22-11-9-14)17-13-15(26-2)4-6-18(17)23-20/h4-11,13,23H,3,12H2,1-2H3. The molecule has 0 saturated heterocycles. The summed E-state index contributed by atoms with van der Waals surface area (Å²) in [6, 6.07) is 8.73. The molecular weight excluding hydrogens is 344 g/mol. The number of benzene rings is 1. The Balaban J connectivity index is 2.03. The van der Waals surface area contributed by atoms with E-state index < -0.39 is 5.97 Å². The molecule has 138 valence electrons. The van der Waals surface area contributed by atoms with E-state index in [1.165, 1.54) is 6.08 Å². The SMILES string of the molecule is CCCOC(=O)c1[nH]c2ccc(OC)cc2c1C=CC(=O)c1ccncc1. The highest BCUT2D eigenvalue weighted by Gasteiger charge is 2.18. The van der Waals surface area contributed by atoms with Crippen LogP contribution in [0.1, 0.15) is 39.8 Å². The number of ether oxygens (including phenoxy) is 2. The monoisotopic (exact) mass is 364 g/mol. The van der Waals surface area contributed by atoms with Crippen LogP contribution in [0.4, 0.5) is 0 Å².